The normalized spacial score (nSPS) is 22.4. The van der Waals surface area contributed by atoms with E-state index in [2.05, 4.69) is 63.5 Å². The van der Waals surface area contributed by atoms with Gasteiger partial charge < -0.3 is 19.4 Å². The highest BCUT2D eigenvalue weighted by atomic mass is 16.6. The number of carbonyl (C=O) groups is 2. The highest BCUT2D eigenvalue weighted by Crippen LogP contribution is 2.50. The fourth-order valence-corrected chi connectivity index (χ4v) is 7.48. The lowest BCUT2D eigenvalue weighted by Gasteiger charge is -2.35. The lowest BCUT2D eigenvalue weighted by Crippen LogP contribution is -2.43. The number of aromatic nitrogens is 4. The van der Waals surface area contributed by atoms with Crippen LogP contribution in [0.1, 0.15) is 97.4 Å². The molecule has 4 aromatic rings. The summed E-state index contributed by atoms with van der Waals surface area (Å²) < 4.78 is 11.4. The molecule has 1 aliphatic carbocycles. The Balaban J connectivity index is 1.02. The van der Waals surface area contributed by atoms with Crippen LogP contribution in [0.4, 0.5) is 9.59 Å². The number of likely N-dealkylation sites (tertiary alicyclic amines) is 2. The standard InChI is InChI=1S/C38H46N6O4/c1-37(2,3)47-35(45)43-19-7-8-31(43)33-39-21-29(41-33)25-13-9-23(10-14-25)24-11-15-26(16-12-24)30-22-40-34(42-30)32-27-17-18-28(20-27)44(32)36(46)48-38(4,5)6/h9-16,21-22,27-28,31-32H,7-8,17-20H2,1-6H3,(H,39,41)(H,40,42)/t27-,28+,31-,32-/m0/s1. The Hall–Kier alpha value is -4.60. The molecule has 252 valence electrons. The van der Waals surface area contributed by atoms with E-state index in [0.717, 1.165) is 77.4 Å². The molecule has 2 aromatic carbocycles. The Morgan fingerprint density at radius 3 is 1.81 bits per heavy atom. The second-order valence-corrected chi connectivity index (χ2v) is 15.4. The van der Waals surface area contributed by atoms with Crippen molar-refractivity contribution in [3.63, 3.8) is 0 Å². The summed E-state index contributed by atoms with van der Waals surface area (Å²) in [6.07, 6.45) is 8.07. The number of aromatic amines is 2. The summed E-state index contributed by atoms with van der Waals surface area (Å²) in [5.41, 5.74) is 5.06. The molecule has 48 heavy (non-hydrogen) atoms. The zero-order chi connectivity index (χ0) is 33.8. The summed E-state index contributed by atoms with van der Waals surface area (Å²) in [4.78, 5) is 46.0. The number of nitrogens with one attached hydrogen (secondary N) is 2. The molecule has 4 heterocycles. The van der Waals surface area contributed by atoms with Gasteiger partial charge in [-0.05, 0) is 102 Å². The monoisotopic (exact) mass is 650 g/mol. The Morgan fingerprint density at radius 2 is 1.23 bits per heavy atom. The summed E-state index contributed by atoms with van der Waals surface area (Å²) in [6, 6.07) is 16.9. The van der Waals surface area contributed by atoms with Crippen molar-refractivity contribution in [2.24, 2.45) is 5.92 Å². The number of benzene rings is 2. The third-order valence-electron chi connectivity index (χ3n) is 9.58. The summed E-state index contributed by atoms with van der Waals surface area (Å²) in [6.45, 7) is 12.0. The van der Waals surface area contributed by atoms with Crippen LogP contribution < -0.4 is 0 Å². The highest BCUT2D eigenvalue weighted by Gasteiger charge is 2.51. The minimum atomic E-state index is -0.537. The van der Waals surface area contributed by atoms with Gasteiger partial charge in [0.05, 0.1) is 35.9 Å². The van der Waals surface area contributed by atoms with Crippen LogP contribution in [-0.4, -0.2) is 65.7 Å². The first-order chi connectivity index (χ1) is 22.8. The van der Waals surface area contributed by atoms with Crippen molar-refractivity contribution < 1.29 is 19.1 Å². The Bertz CT molecular complexity index is 1780. The van der Waals surface area contributed by atoms with Gasteiger partial charge in [0, 0.05) is 12.6 Å². The smallest absolute Gasteiger partial charge is 0.411 e. The van der Waals surface area contributed by atoms with E-state index >= 15 is 0 Å². The van der Waals surface area contributed by atoms with Crippen LogP contribution in [0.15, 0.2) is 60.9 Å². The molecule has 7 rings (SSSR count). The summed E-state index contributed by atoms with van der Waals surface area (Å²) in [7, 11) is 0. The van der Waals surface area contributed by atoms with Crippen molar-refractivity contribution in [1.82, 2.24) is 29.7 Å². The van der Waals surface area contributed by atoms with Crippen LogP contribution in [0, 0.1) is 5.92 Å². The predicted octanol–water partition coefficient (Wildman–Crippen LogP) is 8.67. The van der Waals surface area contributed by atoms with Crippen molar-refractivity contribution in [2.75, 3.05) is 6.54 Å². The van der Waals surface area contributed by atoms with E-state index in [1.165, 1.54) is 0 Å². The molecule has 2 amide bonds. The number of carbonyl (C=O) groups excluding carboxylic acids is 2. The van der Waals surface area contributed by atoms with Gasteiger partial charge in [-0.25, -0.2) is 19.6 Å². The van der Waals surface area contributed by atoms with Crippen LogP contribution in [0.3, 0.4) is 0 Å². The summed E-state index contributed by atoms with van der Waals surface area (Å²) in [5, 5.41) is 0. The molecule has 2 N–H and O–H groups in total. The van der Waals surface area contributed by atoms with Crippen molar-refractivity contribution in [1.29, 1.82) is 0 Å². The number of hydrogen-bond acceptors (Lipinski definition) is 6. The Kier molecular flexibility index (Phi) is 8.08. The number of ether oxygens (including phenoxy) is 2. The number of imidazole rings is 2. The third-order valence-corrected chi connectivity index (χ3v) is 9.58. The van der Waals surface area contributed by atoms with Crippen molar-refractivity contribution in [2.45, 2.75) is 103 Å². The molecule has 2 aliphatic heterocycles. The van der Waals surface area contributed by atoms with Gasteiger partial charge in [0.1, 0.15) is 22.9 Å². The van der Waals surface area contributed by atoms with E-state index in [0.29, 0.717) is 12.5 Å². The molecular formula is C38H46N6O4. The summed E-state index contributed by atoms with van der Waals surface area (Å²) >= 11 is 0. The van der Waals surface area contributed by atoms with Gasteiger partial charge in [-0.3, -0.25) is 9.80 Å². The van der Waals surface area contributed by atoms with E-state index in [1.807, 2.05) is 58.8 Å². The molecule has 1 saturated carbocycles. The second-order valence-electron chi connectivity index (χ2n) is 15.4. The molecule has 10 heteroatoms. The fraction of sp³-hybridized carbons (Fsp3) is 0.474. The van der Waals surface area contributed by atoms with Gasteiger partial charge in [0.2, 0.25) is 0 Å². The first-order valence-corrected chi connectivity index (χ1v) is 17.1. The summed E-state index contributed by atoms with van der Waals surface area (Å²) in [5.74, 6) is 2.01. The van der Waals surface area contributed by atoms with Crippen LogP contribution in [0.5, 0.6) is 0 Å². The van der Waals surface area contributed by atoms with Crippen LogP contribution in [0.25, 0.3) is 33.6 Å². The third kappa shape index (κ3) is 6.44. The second kappa shape index (κ2) is 12.1. The SMILES string of the molecule is CC(C)(C)OC(=O)N1CCC[C@H]1c1ncc(-c2ccc(-c3ccc(-c4cnc([C@@H]5[C@H]6CC[C@H](C6)N5C(=O)OC(C)(C)C)[nH]4)cc3)cc2)[nH]1. The molecule has 2 aromatic heterocycles. The molecule has 2 saturated heterocycles. The lowest BCUT2D eigenvalue weighted by atomic mass is 9.98. The maximum atomic E-state index is 13.2. The van der Waals surface area contributed by atoms with E-state index < -0.39 is 11.2 Å². The van der Waals surface area contributed by atoms with Gasteiger partial charge in [0.25, 0.3) is 0 Å². The van der Waals surface area contributed by atoms with Crippen LogP contribution in [-0.2, 0) is 9.47 Å². The predicted molar refractivity (Wildman–Crippen MR) is 184 cm³/mol. The van der Waals surface area contributed by atoms with E-state index in [1.54, 1.807) is 4.90 Å². The fourth-order valence-electron chi connectivity index (χ4n) is 7.48. The number of piperidine rings is 1. The van der Waals surface area contributed by atoms with E-state index in [-0.39, 0.29) is 30.3 Å². The largest absolute Gasteiger partial charge is 0.444 e. The molecule has 3 fully saturated rings. The lowest BCUT2D eigenvalue weighted by molar-refractivity contribution is 0.00613. The average molecular weight is 651 g/mol. The van der Waals surface area contributed by atoms with Crippen molar-refractivity contribution in [3.8, 4) is 33.6 Å². The quantitative estimate of drug-likeness (QED) is 0.223. The number of fused-ring (bicyclic) bond motifs is 2. The highest BCUT2D eigenvalue weighted by molar-refractivity contribution is 5.73. The van der Waals surface area contributed by atoms with Gasteiger partial charge in [0.15, 0.2) is 0 Å². The van der Waals surface area contributed by atoms with Gasteiger partial charge in [-0.15, -0.1) is 0 Å². The molecule has 2 bridgehead atoms. The van der Waals surface area contributed by atoms with Crippen LogP contribution in [0.2, 0.25) is 0 Å². The topological polar surface area (TPSA) is 116 Å². The number of nitrogens with zero attached hydrogens (tertiary/aromatic N) is 4. The van der Waals surface area contributed by atoms with Gasteiger partial charge >= 0.3 is 12.2 Å². The van der Waals surface area contributed by atoms with Crippen molar-refractivity contribution >= 4 is 12.2 Å². The number of hydrogen-bond donors (Lipinski definition) is 2. The minimum Gasteiger partial charge on any atom is -0.444 e. The molecule has 0 unspecified atom stereocenters. The maximum Gasteiger partial charge on any atom is 0.411 e. The van der Waals surface area contributed by atoms with E-state index in [4.69, 9.17) is 14.5 Å². The minimum absolute atomic E-state index is 0.0850. The van der Waals surface area contributed by atoms with Gasteiger partial charge in [-0.2, -0.15) is 0 Å². The van der Waals surface area contributed by atoms with Crippen LogP contribution >= 0.6 is 0 Å². The number of rotatable bonds is 5. The zero-order valence-electron chi connectivity index (χ0n) is 28.7. The molecular weight excluding hydrogens is 604 g/mol. The first kappa shape index (κ1) is 32.0. The number of H-pyrrole nitrogens is 2. The van der Waals surface area contributed by atoms with Gasteiger partial charge in [-0.1, -0.05) is 48.5 Å². The molecule has 3 aliphatic rings. The van der Waals surface area contributed by atoms with Crippen molar-refractivity contribution in [3.05, 3.63) is 72.6 Å². The molecule has 4 atom stereocenters. The Labute approximate surface area is 282 Å². The Morgan fingerprint density at radius 1 is 0.708 bits per heavy atom. The average Bonchev–Trinajstić information content (AvgIpc) is 3.87. The first-order valence-electron chi connectivity index (χ1n) is 17.1. The zero-order valence-corrected chi connectivity index (χ0v) is 28.7. The number of amides is 2. The molecule has 0 radical (unpaired) electrons. The molecule has 10 nitrogen and oxygen atoms in total. The molecule has 0 spiro atoms. The maximum absolute atomic E-state index is 13.2. The van der Waals surface area contributed by atoms with E-state index in [9.17, 15) is 9.59 Å².